The molecule has 7 heterocycles. The maximum Gasteiger partial charge on any atom is 0.349 e. The quantitative estimate of drug-likeness (QED) is 0.0556. The van der Waals surface area contributed by atoms with Crippen LogP contribution in [-0.2, 0) is 66.4 Å². The van der Waals surface area contributed by atoms with Crippen LogP contribution in [-0.4, -0.2) is 67.0 Å². The van der Waals surface area contributed by atoms with Crippen molar-refractivity contribution in [3.63, 3.8) is 0 Å². The lowest BCUT2D eigenvalue weighted by molar-refractivity contribution is 0.205. The van der Waals surface area contributed by atoms with Crippen LogP contribution in [0.15, 0.2) is 305 Å². The molecule has 0 bridgehead atoms. The summed E-state index contributed by atoms with van der Waals surface area (Å²) in [5.74, 6) is 0. The first-order valence-corrected chi connectivity index (χ1v) is 39.6. The maximum absolute atomic E-state index is 7.70. The van der Waals surface area contributed by atoms with Gasteiger partial charge in [-0.2, -0.15) is 0 Å². The Balaban J connectivity index is 0.812. The summed E-state index contributed by atoms with van der Waals surface area (Å²) in [6.45, 7) is 3.34. The summed E-state index contributed by atoms with van der Waals surface area (Å²) in [4.78, 5) is 0. The van der Waals surface area contributed by atoms with Gasteiger partial charge in [0.2, 0.25) is 0 Å². The fourth-order valence-corrected chi connectivity index (χ4v) is 25.3. The molecule has 15 nitrogen and oxygen atoms in total. The normalized spacial score (nSPS) is 14.5. The Hall–Kier alpha value is -10.1. The van der Waals surface area contributed by atoms with Gasteiger partial charge >= 0.3 is 23.0 Å². The fraction of sp³-hybridized carbons (Fsp3) is 0.143. The third kappa shape index (κ3) is 11.0. The summed E-state index contributed by atoms with van der Waals surface area (Å²) in [6, 6.07) is 103. The van der Waals surface area contributed by atoms with Crippen LogP contribution >= 0.6 is 23.0 Å². The average molecular weight is 1400 g/mol. The van der Waals surface area contributed by atoms with Gasteiger partial charge < -0.3 is 54.5 Å². The second-order valence-electron chi connectivity index (χ2n) is 25.9. The van der Waals surface area contributed by atoms with Gasteiger partial charge in [-0.25, -0.2) is 0 Å². The number of hydrogen-bond acceptors (Lipinski definition) is 9. The van der Waals surface area contributed by atoms with Crippen LogP contribution in [0.25, 0.3) is 131 Å². The molecule has 0 N–H and O–H groups in total. The zero-order valence-electron chi connectivity index (χ0n) is 56.0. The molecule has 0 atom stereocenters. The molecule has 1 aliphatic heterocycles. The van der Waals surface area contributed by atoms with Crippen molar-refractivity contribution in [2.24, 2.45) is 13.5 Å². The molecule has 0 unspecified atom stereocenters. The Morgan fingerprint density at radius 3 is 0.392 bits per heavy atom. The molecule has 18 heteroatoms. The van der Waals surface area contributed by atoms with Crippen LogP contribution in [0.3, 0.4) is 0 Å². The molecular weight excluding hydrogens is 1320 g/mol. The third-order valence-corrected chi connectivity index (χ3v) is 28.7. The number of rotatable bonds is 24. The predicted molar refractivity (Wildman–Crippen MR) is 420 cm³/mol. The Bertz CT molecular complexity index is 5150. The van der Waals surface area contributed by atoms with E-state index in [2.05, 4.69) is 319 Å². The minimum atomic E-state index is -4.12. The number of para-hydroxylation sites is 12. The molecule has 0 fully saturated rings. The van der Waals surface area contributed by atoms with Crippen LogP contribution in [0.5, 0.6) is 0 Å². The zero-order chi connectivity index (χ0) is 67.6. The van der Waals surface area contributed by atoms with Crippen molar-refractivity contribution >= 4 is 154 Å². The minimum absolute atomic E-state index is 0.129. The molecule has 6 aromatic heterocycles. The van der Waals surface area contributed by atoms with Gasteiger partial charge in [0.25, 0.3) is 0 Å². The van der Waals surface area contributed by atoms with E-state index in [4.69, 9.17) is 40.7 Å². The minimum Gasteiger partial charge on any atom is -0.338 e. The van der Waals surface area contributed by atoms with Gasteiger partial charge in [0.1, 0.15) is 0 Å². The summed E-state index contributed by atoms with van der Waals surface area (Å²) >= 11 is 0. The molecule has 0 saturated carbocycles. The standard InChI is InChI=1S/C84H72N9O6P3/c1-13-37-73-61(25-1)62-26-2-14-38-74(62)88(73)49-55-94-100(95-56-50-89-75-39-15-3-27-63(75)64-28-4-16-40-76(64)89)85-101(96-57-51-90-77-41-17-5-29-65(77)66-30-6-18-42-78(66)90,97-58-52-91-79-43-19-7-31-67(79)68-32-8-20-44-80(68)91)87-102(86-100,98-59-53-92-81-45-21-9-33-69(81)70-34-10-22-46-82(70)92)99-60-54-93-83-47-23-11-35-71(83)72-36-12-24-48-84(72)93/h1-48H,49-60H2. The molecule has 0 saturated heterocycles. The summed E-state index contributed by atoms with van der Waals surface area (Å²) in [5, 5.41) is 13.9. The molecule has 18 aromatic rings. The summed E-state index contributed by atoms with van der Waals surface area (Å²) in [6.07, 6.45) is 0. The molecule has 504 valence electrons. The van der Waals surface area contributed by atoms with E-state index in [0.717, 1.165) is 131 Å². The Kier molecular flexibility index (Phi) is 16.3. The van der Waals surface area contributed by atoms with Gasteiger partial charge in [-0.3, -0.25) is 0 Å². The van der Waals surface area contributed by atoms with Crippen LogP contribution in [0, 0.1) is 0 Å². The van der Waals surface area contributed by atoms with Crippen molar-refractivity contribution in [3.8, 4) is 0 Å². The molecule has 0 spiro atoms. The second-order valence-corrected chi connectivity index (χ2v) is 32.5. The van der Waals surface area contributed by atoms with E-state index >= 15 is 0 Å². The van der Waals surface area contributed by atoms with E-state index in [-0.39, 0.29) is 39.6 Å². The van der Waals surface area contributed by atoms with E-state index in [0.29, 0.717) is 39.3 Å². The van der Waals surface area contributed by atoms with Gasteiger partial charge in [0, 0.05) is 170 Å². The van der Waals surface area contributed by atoms with Crippen LogP contribution < -0.4 is 0 Å². The topological polar surface area (TPSA) is 122 Å². The molecule has 0 amide bonds. The summed E-state index contributed by atoms with van der Waals surface area (Å²) in [5.41, 5.74) is 13.0. The first kappa shape index (κ1) is 62.9. The van der Waals surface area contributed by atoms with Crippen LogP contribution in [0.1, 0.15) is 0 Å². The largest absolute Gasteiger partial charge is 0.349 e. The van der Waals surface area contributed by atoms with Crippen LogP contribution in [0.4, 0.5) is 0 Å². The smallest absolute Gasteiger partial charge is 0.338 e. The number of aromatic nitrogens is 6. The number of nitrogens with zero attached hydrogens (tertiary/aromatic N) is 9. The SMILES string of the molecule is c1ccc2c(c1)c1ccccc1n2CCOP1(OCCn2c3ccccc3c3ccccc32)=NP(OCCn2c3ccccc3c3ccccc32)(OCCn2c3ccccc3c3ccccc32)=NP(OCCn2c3ccccc3c3ccccc32)(OCCn2c3ccccc3c3ccccc32)=N1. The number of benzene rings is 12. The lowest BCUT2D eigenvalue weighted by Crippen LogP contribution is -2.14. The lowest BCUT2D eigenvalue weighted by atomic mass is 10.2. The van der Waals surface area contributed by atoms with Crippen molar-refractivity contribution in [1.29, 1.82) is 0 Å². The Morgan fingerprint density at radius 1 is 0.167 bits per heavy atom. The Labute approximate surface area is 588 Å². The van der Waals surface area contributed by atoms with Crippen molar-refractivity contribution in [1.82, 2.24) is 27.4 Å². The number of fused-ring (bicyclic) bond motifs is 18. The fourth-order valence-electron chi connectivity index (χ4n) is 15.9. The van der Waals surface area contributed by atoms with Crippen molar-refractivity contribution in [2.75, 3.05) is 39.6 Å². The third-order valence-electron chi connectivity index (χ3n) is 20.2. The van der Waals surface area contributed by atoms with Crippen LogP contribution in [0.2, 0.25) is 0 Å². The Morgan fingerprint density at radius 2 is 0.275 bits per heavy atom. The molecule has 1 aliphatic rings. The second kappa shape index (κ2) is 26.4. The monoisotopic (exact) mass is 1400 g/mol. The first-order chi connectivity index (χ1) is 50.5. The first-order valence-electron chi connectivity index (χ1n) is 35.0. The predicted octanol–water partition coefficient (Wildman–Crippen LogP) is 22.8. The highest BCUT2D eigenvalue weighted by molar-refractivity contribution is 7.78. The van der Waals surface area contributed by atoms with E-state index in [9.17, 15) is 0 Å². The van der Waals surface area contributed by atoms with E-state index < -0.39 is 23.0 Å². The number of hydrogen-bond donors (Lipinski definition) is 0. The van der Waals surface area contributed by atoms with Gasteiger partial charge in [0.05, 0.1) is 39.6 Å². The summed E-state index contributed by atoms with van der Waals surface area (Å²) in [7, 11) is -12.4. The highest BCUT2D eigenvalue weighted by Gasteiger charge is 2.44. The molecular formula is C84H72N9O6P3. The zero-order valence-corrected chi connectivity index (χ0v) is 58.7. The molecule has 12 aromatic carbocycles. The van der Waals surface area contributed by atoms with Gasteiger partial charge in [-0.05, 0) is 72.8 Å². The van der Waals surface area contributed by atoms with E-state index in [1.807, 2.05) is 0 Å². The van der Waals surface area contributed by atoms with Crippen molar-refractivity contribution in [3.05, 3.63) is 291 Å². The van der Waals surface area contributed by atoms with Crippen molar-refractivity contribution in [2.45, 2.75) is 39.3 Å². The van der Waals surface area contributed by atoms with Gasteiger partial charge in [-0.15, -0.1) is 13.5 Å². The highest BCUT2D eigenvalue weighted by atomic mass is 31.3. The lowest BCUT2D eigenvalue weighted by Gasteiger charge is -2.34. The van der Waals surface area contributed by atoms with E-state index in [1.165, 1.54) is 0 Å². The molecule has 0 aliphatic carbocycles. The maximum atomic E-state index is 7.70. The molecule has 0 radical (unpaired) electrons. The molecule has 102 heavy (non-hydrogen) atoms. The van der Waals surface area contributed by atoms with Crippen molar-refractivity contribution < 1.29 is 27.1 Å². The van der Waals surface area contributed by atoms with Gasteiger partial charge in [-0.1, -0.05) is 218 Å². The highest BCUT2D eigenvalue weighted by Crippen LogP contribution is 2.80. The molecule has 19 rings (SSSR count). The van der Waals surface area contributed by atoms with Gasteiger partial charge in [0.15, 0.2) is 0 Å². The average Bonchev–Trinajstić information content (AvgIpc) is 1.48. The summed E-state index contributed by atoms with van der Waals surface area (Å²) < 4.78 is 77.9. The van der Waals surface area contributed by atoms with E-state index in [1.54, 1.807) is 0 Å².